The van der Waals surface area contributed by atoms with Crippen LogP contribution < -0.4 is 4.74 Å². The SMILES string of the molecule is Cc1ncc(OC[C@@]2(c3ccccc3)C[C@@]2(C)C(=O)Cc2ccc(C#N)cn2)c(C)n1. The molecule has 0 radical (unpaired) electrons. The Balaban J connectivity index is 1.58. The number of benzene rings is 1. The Morgan fingerprint density at radius 3 is 2.55 bits per heavy atom. The second kappa shape index (κ2) is 7.92. The molecule has 0 amide bonds. The average Bonchev–Trinajstić information content (AvgIpc) is 3.41. The molecule has 156 valence electrons. The predicted molar refractivity (Wildman–Crippen MR) is 116 cm³/mol. The van der Waals surface area contributed by atoms with E-state index in [2.05, 4.69) is 33.2 Å². The number of nitrogens with zero attached hydrogens (tertiary/aromatic N) is 4. The van der Waals surface area contributed by atoms with Gasteiger partial charge in [-0.1, -0.05) is 37.3 Å². The van der Waals surface area contributed by atoms with Crippen molar-refractivity contribution in [3.8, 4) is 11.8 Å². The number of pyridine rings is 1. The van der Waals surface area contributed by atoms with Crippen molar-refractivity contribution < 1.29 is 9.53 Å². The summed E-state index contributed by atoms with van der Waals surface area (Å²) in [5.41, 5.74) is 2.04. The molecule has 4 rings (SSSR count). The minimum Gasteiger partial charge on any atom is -0.489 e. The van der Waals surface area contributed by atoms with Crippen LogP contribution in [-0.4, -0.2) is 27.3 Å². The number of hydrogen-bond acceptors (Lipinski definition) is 6. The Bertz CT molecular complexity index is 1150. The van der Waals surface area contributed by atoms with Gasteiger partial charge in [0.25, 0.3) is 0 Å². The van der Waals surface area contributed by atoms with Crippen LogP contribution in [0.1, 0.15) is 41.7 Å². The molecular weight excluding hydrogens is 388 g/mol. The van der Waals surface area contributed by atoms with Gasteiger partial charge in [-0.15, -0.1) is 0 Å². The normalized spacial score (nSPS) is 21.9. The quantitative estimate of drug-likeness (QED) is 0.585. The molecule has 2 aromatic heterocycles. The van der Waals surface area contributed by atoms with E-state index in [-0.39, 0.29) is 12.2 Å². The molecule has 0 aliphatic heterocycles. The van der Waals surface area contributed by atoms with Crippen molar-refractivity contribution in [2.45, 2.75) is 39.0 Å². The zero-order valence-corrected chi connectivity index (χ0v) is 17.9. The summed E-state index contributed by atoms with van der Waals surface area (Å²) in [5, 5.41) is 8.95. The molecule has 1 aliphatic carbocycles. The number of aromatic nitrogens is 3. The van der Waals surface area contributed by atoms with Crippen molar-refractivity contribution in [2.24, 2.45) is 5.41 Å². The second-order valence-corrected chi connectivity index (χ2v) is 8.36. The summed E-state index contributed by atoms with van der Waals surface area (Å²) in [7, 11) is 0. The summed E-state index contributed by atoms with van der Waals surface area (Å²) in [4.78, 5) is 26.3. The Morgan fingerprint density at radius 1 is 1.13 bits per heavy atom. The van der Waals surface area contributed by atoms with Crippen molar-refractivity contribution in [3.63, 3.8) is 0 Å². The molecule has 2 heterocycles. The van der Waals surface area contributed by atoms with E-state index < -0.39 is 10.8 Å². The van der Waals surface area contributed by atoms with Gasteiger partial charge in [0, 0.05) is 29.1 Å². The number of carbonyl (C=O) groups is 1. The maximum atomic E-state index is 13.4. The number of nitriles is 1. The topological polar surface area (TPSA) is 88.8 Å². The zero-order chi connectivity index (χ0) is 22.1. The van der Waals surface area contributed by atoms with Gasteiger partial charge in [0.15, 0.2) is 5.75 Å². The van der Waals surface area contributed by atoms with Gasteiger partial charge >= 0.3 is 0 Å². The van der Waals surface area contributed by atoms with Crippen LogP contribution in [0.15, 0.2) is 54.9 Å². The smallest absolute Gasteiger partial charge is 0.158 e. The fraction of sp³-hybridized carbons (Fsp3) is 0.320. The first-order valence-electron chi connectivity index (χ1n) is 10.2. The number of ether oxygens (including phenoxy) is 1. The van der Waals surface area contributed by atoms with Crippen LogP contribution in [0, 0.1) is 30.6 Å². The number of Topliss-reactive ketones (excluding diaryl/α,β-unsaturated/α-hetero) is 1. The third-order valence-electron chi connectivity index (χ3n) is 6.35. The standard InChI is InChI=1S/C25H24N4O2/c1-17-22(14-27-18(2)29-17)31-16-25(20-7-5-4-6-8-20)15-24(25,3)23(30)11-21-10-9-19(12-26)13-28-21/h4-10,13-14H,11,15-16H2,1-3H3/t24-,25+/m0/s1. The van der Waals surface area contributed by atoms with Crippen LogP contribution in [-0.2, 0) is 16.6 Å². The molecule has 0 spiro atoms. The minimum absolute atomic E-state index is 0.119. The highest BCUT2D eigenvalue weighted by molar-refractivity contribution is 5.92. The first-order chi connectivity index (χ1) is 14.9. The highest BCUT2D eigenvalue weighted by Gasteiger charge is 2.69. The van der Waals surface area contributed by atoms with Gasteiger partial charge < -0.3 is 4.74 Å². The molecule has 31 heavy (non-hydrogen) atoms. The van der Waals surface area contributed by atoms with E-state index in [4.69, 9.17) is 10.00 Å². The largest absolute Gasteiger partial charge is 0.489 e. The molecular formula is C25H24N4O2. The van der Waals surface area contributed by atoms with Crippen LogP contribution in [0.5, 0.6) is 5.75 Å². The second-order valence-electron chi connectivity index (χ2n) is 8.36. The highest BCUT2D eigenvalue weighted by Crippen LogP contribution is 2.65. The molecule has 3 aromatic rings. The van der Waals surface area contributed by atoms with Gasteiger partial charge in [-0.2, -0.15) is 5.26 Å². The summed E-state index contributed by atoms with van der Waals surface area (Å²) in [6.45, 7) is 6.12. The van der Waals surface area contributed by atoms with E-state index in [0.717, 1.165) is 11.3 Å². The molecule has 6 nitrogen and oxygen atoms in total. The minimum atomic E-state index is -0.566. The number of aryl methyl sites for hydroxylation is 2. The predicted octanol–water partition coefficient (Wildman–Crippen LogP) is 3.90. The number of ketones is 1. The highest BCUT2D eigenvalue weighted by atomic mass is 16.5. The molecule has 0 N–H and O–H groups in total. The van der Waals surface area contributed by atoms with E-state index in [1.165, 1.54) is 6.20 Å². The van der Waals surface area contributed by atoms with Crippen molar-refractivity contribution in [3.05, 3.63) is 83.2 Å². The van der Waals surface area contributed by atoms with Gasteiger partial charge in [-0.05, 0) is 38.0 Å². The Hall–Kier alpha value is -3.59. The Kier molecular flexibility index (Phi) is 5.28. The molecule has 1 aromatic carbocycles. The molecule has 0 saturated heterocycles. The molecule has 6 heteroatoms. The van der Waals surface area contributed by atoms with E-state index in [0.29, 0.717) is 35.9 Å². The van der Waals surface area contributed by atoms with Gasteiger partial charge in [0.1, 0.15) is 17.7 Å². The van der Waals surface area contributed by atoms with Crippen molar-refractivity contribution in [1.29, 1.82) is 5.26 Å². The van der Waals surface area contributed by atoms with Gasteiger partial charge in [-0.25, -0.2) is 9.97 Å². The van der Waals surface area contributed by atoms with Crippen LogP contribution in [0.3, 0.4) is 0 Å². The fourth-order valence-corrected chi connectivity index (χ4v) is 4.27. The lowest BCUT2D eigenvalue weighted by Crippen LogP contribution is -2.31. The Labute approximate surface area is 182 Å². The van der Waals surface area contributed by atoms with Crippen LogP contribution in [0.25, 0.3) is 0 Å². The van der Waals surface area contributed by atoms with Crippen LogP contribution >= 0.6 is 0 Å². The van der Waals surface area contributed by atoms with E-state index in [1.54, 1.807) is 18.3 Å². The molecule has 1 aliphatic rings. The lowest BCUT2D eigenvalue weighted by Gasteiger charge is -2.24. The first-order valence-corrected chi connectivity index (χ1v) is 10.2. The van der Waals surface area contributed by atoms with Crippen molar-refractivity contribution >= 4 is 5.78 Å². The van der Waals surface area contributed by atoms with Crippen LogP contribution in [0.4, 0.5) is 0 Å². The first kappa shape index (κ1) is 20.7. The summed E-state index contributed by atoms with van der Waals surface area (Å²) in [6, 6.07) is 15.5. The van der Waals surface area contributed by atoms with Gasteiger partial charge in [-0.3, -0.25) is 9.78 Å². The third kappa shape index (κ3) is 3.79. The van der Waals surface area contributed by atoms with Crippen molar-refractivity contribution in [1.82, 2.24) is 15.0 Å². The molecule has 1 fully saturated rings. The van der Waals surface area contributed by atoms with Gasteiger partial charge in [0.05, 0.1) is 24.1 Å². The molecule has 0 unspecified atom stereocenters. The number of rotatable bonds is 7. The lowest BCUT2D eigenvalue weighted by atomic mass is 9.83. The molecule has 2 atom stereocenters. The Morgan fingerprint density at radius 2 is 1.90 bits per heavy atom. The zero-order valence-electron chi connectivity index (χ0n) is 17.9. The summed E-state index contributed by atoms with van der Waals surface area (Å²) in [5.74, 6) is 1.45. The molecule has 1 saturated carbocycles. The average molecular weight is 412 g/mol. The lowest BCUT2D eigenvalue weighted by molar-refractivity contribution is -0.123. The van der Waals surface area contributed by atoms with Gasteiger partial charge in [0.2, 0.25) is 0 Å². The van der Waals surface area contributed by atoms with Crippen molar-refractivity contribution in [2.75, 3.05) is 6.61 Å². The van der Waals surface area contributed by atoms with E-state index in [1.807, 2.05) is 39.0 Å². The summed E-state index contributed by atoms with van der Waals surface area (Å²) in [6.07, 6.45) is 4.12. The van der Waals surface area contributed by atoms with E-state index in [9.17, 15) is 4.79 Å². The number of carbonyl (C=O) groups excluding carboxylic acids is 1. The number of hydrogen-bond donors (Lipinski definition) is 0. The maximum absolute atomic E-state index is 13.4. The monoisotopic (exact) mass is 412 g/mol. The van der Waals surface area contributed by atoms with Crippen LogP contribution in [0.2, 0.25) is 0 Å². The maximum Gasteiger partial charge on any atom is 0.158 e. The molecule has 0 bridgehead atoms. The summed E-state index contributed by atoms with van der Waals surface area (Å²) >= 11 is 0. The summed E-state index contributed by atoms with van der Waals surface area (Å²) < 4.78 is 6.17. The third-order valence-corrected chi connectivity index (χ3v) is 6.35. The fourth-order valence-electron chi connectivity index (χ4n) is 4.27. The van der Waals surface area contributed by atoms with E-state index >= 15 is 0 Å².